The molecule has 0 spiro atoms. The lowest BCUT2D eigenvalue weighted by molar-refractivity contribution is 0.721. The van der Waals surface area contributed by atoms with Crippen molar-refractivity contribution in [3.63, 3.8) is 0 Å². The summed E-state index contributed by atoms with van der Waals surface area (Å²) in [4.78, 5) is 0. The van der Waals surface area contributed by atoms with Crippen LogP contribution in [0.1, 0.15) is 17.0 Å². The molecule has 2 rings (SSSR count). The van der Waals surface area contributed by atoms with E-state index < -0.39 is 0 Å². The molecule has 90 valence electrons. The number of halogens is 1. The Balaban J connectivity index is 2.71. The zero-order chi connectivity index (χ0) is 12.6. The highest BCUT2D eigenvalue weighted by Gasteiger charge is 2.15. The van der Waals surface area contributed by atoms with Crippen molar-refractivity contribution in [2.75, 3.05) is 0 Å². The van der Waals surface area contributed by atoms with Crippen molar-refractivity contribution in [1.29, 1.82) is 0 Å². The van der Waals surface area contributed by atoms with Gasteiger partial charge in [-0.05, 0) is 37.1 Å². The average Bonchev–Trinajstić information content (AvgIpc) is 2.59. The van der Waals surface area contributed by atoms with E-state index in [-0.39, 0.29) is 0 Å². The fourth-order valence-electron chi connectivity index (χ4n) is 2.03. The third-order valence-electron chi connectivity index (χ3n) is 3.07. The van der Waals surface area contributed by atoms with Gasteiger partial charge in [0.05, 0.1) is 5.69 Å². The first-order chi connectivity index (χ1) is 8.04. The summed E-state index contributed by atoms with van der Waals surface area (Å²) < 4.78 is 2.96. The largest absolute Gasteiger partial charge is 0.325 e. The minimum Gasteiger partial charge on any atom is -0.325 e. The minimum atomic E-state index is 0.461. The molecular formula is C13H16BrN3. The molecule has 1 heterocycles. The number of benzene rings is 1. The zero-order valence-corrected chi connectivity index (χ0v) is 11.9. The number of nitrogens with two attached hydrogens (primary N) is 1. The first kappa shape index (κ1) is 12.3. The van der Waals surface area contributed by atoms with Gasteiger partial charge >= 0.3 is 0 Å². The number of hydrogen-bond donors (Lipinski definition) is 1. The summed E-state index contributed by atoms with van der Waals surface area (Å²) in [5.74, 6) is 0. The molecule has 0 atom stereocenters. The van der Waals surface area contributed by atoms with E-state index in [0.29, 0.717) is 6.54 Å². The molecular weight excluding hydrogens is 278 g/mol. The van der Waals surface area contributed by atoms with Crippen LogP contribution in [0.2, 0.25) is 0 Å². The fourth-order valence-corrected chi connectivity index (χ4v) is 2.39. The van der Waals surface area contributed by atoms with Crippen molar-refractivity contribution in [1.82, 2.24) is 9.78 Å². The SMILES string of the molecule is Cc1ccc(Br)cc1-c1c(CN)nn(C)c1C. The molecule has 0 bridgehead atoms. The van der Waals surface area contributed by atoms with Crippen LogP contribution in [0, 0.1) is 13.8 Å². The predicted octanol–water partition coefficient (Wildman–Crippen LogP) is 2.93. The van der Waals surface area contributed by atoms with Gasteiger partial charge in [-0.15, -0.1) is 0 Å². The molecule has 3 nitrogen and oxygen atoms in total. The van der Waals surface area contributed by atoms with Crippen molar-refractivity contribution in [3.8, 4) is 11.1 Å². The molecule has 1 aromatic carbocycles. The van der Waals surface area contributed by atoms with Crippen LogP contribution in [0.25, 0.3) is 11.1 Å². The summed E-state index contributed by atoms with van der Waals surface area (Å²) in [6, 6.07) is 6.28. The van der Waals surface area contributed by atoms with Gasteiger partial charge in [-0.25, -0.2) is 0 Å². The normalized spacial score (nSPS) is 10.9. The van der Waals surface area contributed by atoms with Crippen LogP contribution in [-0.2, 0) is 13.6 Å². The maximum atomic E-state index is 5.77. The lowest BCUT2D eigenvalue weighted by Gasteiger charge is -2.08. The number of aromatic nitrogens is 2. The first-order valence-corrected chi connectivity index (χ1v) is 6.33. The van der Waals surface area contributed by atoms with Crippen LogP contribution >= 0.6 is 15.9 Å². The van der Waals surface area contributed by atoms with Crippen LogP contribution in [0.5, 0.6) is 0 Å². The third-order valence-corrected chi connectivity index (χ3v) is 3.56. The van der Waals surface area contributed by atoms with Gasteiger partial charge < -0.3 is 5.73 Å². The van der Waals surface area contributed by atoms with Crippen molar-refractivity contribution in [2.24, 2.45) is 12.8 Å². The standard InChI is InChI=1S/C13H16BrN3/c1-8-4-5-10(14)6-11(8)13-9(2)17(3)16-12(13)7-15/h4-6H,7,15H2,1-3H3. The Morgan fingerprint density at radius 1 is 1.35 bits per heavy atom. The number of aryl methyl sites for hydroxylation is 2. The van der Waals surface area contributed by atoms with E-state index in [1.54, 1.807) is 0 Å². The van der Waals surface area contributed by atoms with E-state index in [0.717, 1.165) is 21.4 Å². The Morgan fingerprint density at radius 3 is 2.71 bits per heavy atom. The molecule has 0 radical (unpaired) electrons. The van der Waals surface area contributed by atoms with Gasteiger partial charge in [-0.2, -0.15) is 5.10 Å². The highest BCUT2D eigenvalue weighted by atomic mass is 79.9. The summed E-state index contributed by atoms with van der Waals surface area (Å²) in [7, 11) is 1.95. The summed E-state index contributed by atoms with van der Waals surface area (Å²) >= 11 is 3.51. The van der Waals surface area contributed by atoms with E-state index in [2.05, 4.69) is 47.0 Å². The summed E-state index contributed by atoms with van der Waals surface area (Å²) in [6.07, 6.45) is 0. The second-order valence-electron chi connectivity index (χ2n) is 4.19. The van der Waals surface area contributed by atoms with Gasteiger partial charge in [-0.3, -0.25) is 4.68 Å². The van der Waals surface area contributed by atoms with Gasteiger partial charge in [0.25, 0.3) is 0 Å². The molecule has 0 amide bonds. The van der Waals surface area contributed by atoms with Crippen molar-refractivity contribution in [3.05, 3.63) is 39.6 Å². The van der Waals surface area contributed by atoms with Crippen molar-refractivity contribution < 1.29 is 0 Å². The molecule has 0 fully saturated rings. The second kappa shape index (κ2) is 4.63. The molecule has 1 aromatic heterocycles. The second-order valence-corrected chi connectivity index (χ2v) is 5.11. The van der Waals surface area contributed by atoms with Gasteiger partial charge in [-0.1, -0.05) is 22.0 Å². The molecule has 2 aromatic rings. The van der Waals surface area contributed by atoms with Crippen LogP contribution in [-0.4, -0.2) is 9.78 Å². The van der Waals surface area contributed by atoms with Gasteiger partial charge in [0, 0.05) is 29.3 Å². The van der Waals surface area contributed by atoms with E-state index in [1.165, 1.54) is 11.1 Å². The van der Waals surface area contributed by atoms with Crippen LogP contribution in [0.3, 0.4) is 0 Å². The molecule has 4 heteroatoms. The molecule has 0 aliphatic rings. The Hall–Kier alpha value is -1.13. The smallest absolute Gasteiger partial charge is 0.0841 e. The van der Waals surface area contributed by atoms with E-state index in [9.17, 15) is 0 Å². The minimum absolute atomic E-state index is 0.461. The predicted molar refractivity (Wildman–Crippen MR) is 73.7 cm³/mol. The number of hydrogen-bond acceptors (Lipinski definition) is 2. The molecule has 0 saturated carbocycles. The fraction of sp³-hybridized carbons (Fsp3) is 0.308. The van der Waals surface area contributed by atoms with Gasteiger partial charge in [0.15, 0.2) is 0 Å². The Labute approximate surface area is 110 Å². The molecule has 2 N–H and O–H groups in total. The van der Waals surface area contributed by atoms with Gasteiger partial charge in [0.1, 0.15) is 0 Å². The quantitative estimate of drug-likeness (QED) is 0.925. The molecule has 17 heavy (non-hydrogen) atoms. The van der Waals surface area contributed by atoms with Crippen molar-refractivity contribution >= 4 is 15.9 Å². The highest BCUT2D eigenvalue weighted by molar-refractivity contribution is 9.10. The molecule has 0 aliphatic carbocycles. The summed E-state index contributed by atoms with van der Waals surface area (Å²) in [5, 5.41) is 4.45. The van der Waals surface area contributed by atoms with Gasteiger partial charge in [0.2, 0.25) is 0 Å². The first-order valence-electron chi connectivity index (χ1n) is 5.53. The lowest BCUT2D eigenvalue weighted by atomic mass is 9.99. The number of rotatable bonds is 2. The van der Waals surface area contributed by atoms with E-state index in [1.807, 2.05) is 17.8 Å². The highest BCUT2D eigenvalue weighted by Crippen LogP contribution is 2.31. The van der Waals surface area contributed by atoms with E-state index in [4.69, 9.17) is 5.73 Å². The Kier molecular flexibility index (Phi) is 3.35. The molecule has 0 unspecified atom stereocenters. The monoisotopic (exact) mass is 293 g/mol. The topological polar surface area (TPSA) is 43.8 Å². The van der Waals surface area contributed by atoms with Crippen LogP contribution in [0.4, 0.5) is 0 Å². The molecule has 0 aliphatic heterocycles. The van der Waals surface area contributed by atoms with Crippen LogP contribution in [0.15, 0.2) is 22.7 Å². The van der Waals surface area contributed by atoms with Crippen LogP contribution < -0.4 is 5.73 Å². The third kappa shape index (κ3) is 2.15. The lowest BCUT2D eigenvalue weighted by Crippen LogP contribution is -2.00. The average molecular weight is 294 g/mol. The Morgan fingerprint density at radius 2 is 2.06 bits per heavy atom. The maximum Gasteiger partial charge on any atom is 0.0841 e. The summed E-state index contributed by atoms with van der Waals surface area (Å²) in [6.45, 7) is 4.64. The Bertz CT molecular complexity index is 558. The molecule has 0 saturated heterocycles. The van der Waals surface area contributed by atoms with Crippen molar-refractivity contribution in [2.45, 2.75) is 20.4 Å². The summed E-state index contributed by atoms with van der Waals surface area (Å²) in [5.41, 5.74) is 11.5. The maximum absolute atomic E-state index is 5.77. The zero-order valence-electron chi connectivity index (χ0n) is 10.3. The van der Waals surface area contributed by atoms with E-state index >= 15 is 0 Å². The number of nitrogens with zero attached hydrogens (tertiary/aromatic N) is 2.